The molecule has 0 saturated heterocycles. The standard InChI is InChI=1S/C31H31F4N3O3/c1-20(22-6-7-24(19-36)25(16-22)31(33,34)35)27(39)18-29(40)38(30(2,3)4)14-5-15-41-28-9-8-23(17-26(28)32)21-10-12-37-13-11-21/h6-13,16-17,20H,5,14-15,18H2,1-4H3. The second-order valence-electron chi connectivity index (χ2n) is 10.6. The Morgan fingerprint density at radius 1 is 1.02 bits per heavy atom. The molecule has 0 fully saturated rings. The smallest absolute Gasteiger partial charge is 0.417 e. The molecule has 0 bridgehead atoms. The van der Waals surface area contributed by atoms with Gasteiger partial charge in [-0.25, -0.2) is 4.39 Å². The Morgan fingerprint density at radius 3 is 2.29 bits per heavy atom. The molecule has 6 nitrogen and oxygen atoms in total. The van der Waals surface area contributed by atoms with Crippen LogP contribution in [-0.2, 0) is 15.8 Å². The number of benzene rings is 2. The molecule has 0 radical (unpaired) electrons. The van der Waals surface area contributed by atoms with Gasteiger partial charge in [-0.2, -0.15) is 18.4 Å². The number of nitrogens with zero attached hydrogens (tertiary/aromatic N) is 3. The van der Waals surface area contributed by atoms with Gasteiger partial charge in [0.25, 0.3) is 0 Å². The number of hydrogen-bond donors (Lipinski definition) is 0. The summed E-state index contributed by atoms with van der Waals surface area (Å²) >= 11 is 0. The molecule has 0 saturated carbocycles. The lowest BCUT2D eigenvalue weighted by molar-refractivity contribution is -0.140. The lowest BCUT2D eigenvalue weighted by Gasteiger charge is -2.36. The number of rotatable bonds is 10. The number of halogens is 4. The van der Waals surface area contributed by atoms with E-state index in [4.69, 9.17) is 10.00 Å². The highest BCUT2D eigenvalue weighted by Gasteiger charge is 2.35. The number of carbonyl (C=O) groups excluding carboxylic acids is 2. The summed E-state index contributed by atoms with van der Waals surface area (Å²) in [7, 11) is 0. The summed E-state index contributed by atoms with van der Waals surface area (Å²) in [5, 5.41) is 9.00. The zero-order chi connectivity index (χ0) is 30.4. The molecule has 1 unspecified atom stereocenters. The van der Waals surface area contributed by atoms with Gasteiger partial charge in [0.2, 0.25) is 5.91 Å². The van der Waals surface area contributed by atoms with E-state index in [1.165, 1.54) is 36.1 Å². The summed E-state index contributed by atoms with van der Waals surface area (Å²) in [6, 6.07) is 12.8. The van der Waals surface area contributed by atoms with E-state index in [0.29, 0.717) is 12.0 Å². The van der Waals surface area contributed by atoms with Gasteiger partial charge in [-0.15, -0.1) is 0 Å². The van der Waals surface area contributed by atoms with Crippen molar-refractivity contribution < 1.29 is 31.9 Å². The first-order chi connectivity index (χ1) is 19.2. The van der Waals surface area contributed by atoms with Crippen molar-refractivity contribution in [2.24, 2.45) is 0 Å². The quantitative estimate of drug-likeness (QED) is 0.150. The Labute approximate surface area is 236 Å². The van der Waals surface area contributed by atoms with Gasteiger partial charge in [-0.05, 0) is 80.3 Å². The summed E-state index contributed by atoms with van der Waals surface area (Å²) in [6.45, 7) is 7.16. The van der Waals surface area contributed by atoms with Crippen molar-refractivity contribution in [1.82, 2.24) is 9.88 Å². The molecular formula is C31H31F4N3O3. The van der Waals surface area contributed by atoms with Gasteiger partial charge >= 0.3 is 6.18 Å². The molecular weight excluding hydrogens is 538 g/mol. The van der Waals surface area contributed by atoms with Crippen molar-refractivity contribution >= 4 is 11.7 Å². The van der Waals surface area contributed by atoms with Crippen molar-refractivity contribution in [1.29, 1.82) is 5.26 Å². The summed E-state index contributed by atoms with van der Waals surface area (Å²) in [6.07, 6.45) is -1.68. The molecule has 0 aliphatic rings. The largest absolute Gasteiger partial charge is 0.490 e. The van der Waals surface area contributed by atoms with E-state index in [9.17, 15) is 27.2 Å². The number of pyridine rings is 1. The molecule has 1 atom stereocenters. The van der Waals surface area contributed by atoms with E-state index in [2.05, 4.69) is 4.98 Å². The number of ketones is 1. The zero-order valence-electron chi connectivity index (χ0n) is 23.3. The third-order valence-corrected chi connectivity index (χ3v) is 6.62. The normalized spacial score (nSPS) is 12.4. The summed E-state index contributed by atoms with van der Waals surface area (Å²) < 4.78 is 60.3. The van der Waals surface area contributed by atoms with E-state index < -0.39 is 52.7 Å². The Balaban J connectivity index is 1.61. The van der Waals surface area contributed by atoms with Crippen molar-refractivity contribution in [3.63, 3.8) is 0 Å². The lowest BCUT2D eigenvalue weighted by Crippen LogP contribution is -2.47. The summed E-state index contributed by atoms with van der Waals surface area (Å²) in [5.41, 5.74) is -0.756. The summed E-state index contributed by atoms with van der Waals surface area (Å²) in [4.78, 5) is 31.5. The van der Waals surface area contributed by atoms with Gasteiger partial charge in [0.05, 0.1) is 30.2 Å². The highest BCUT2D eigenvalue weighted by Crippen LogP contribution is 2.34. The van der Waals surface area contributed by atoms with E-state index >= 15 is 0 Å². The van der Waals surface area contributed by atoms with Crippen LogP contribution >= 0.6 is 0 Å². The lowest BCUT2D eigenvalue weighted by atomic mass is 9.91. The Hall–Kier alpha value is -4.26. The predicted molar refractivity (Wildman–Crippen MR) is 145 cm³/mol. The van der Waals surface area contributed by atoms with Gasteiger partial charge in [-0.3, -0.25) is 14.6 Å². The number of hydrogen-bond acceptors (Lipinski definition) is 5. The van der Waals surface area contributed by atoms with Crippen molar-refractivity contribution in [2.45, 2.75) is 58.2 Å². The van der Waals surface area contributed by atoms with Crippen LogP contribution in [0.5, 0.6) is 5.75 Å². The maximum absolute atomic E-state index is 14.6. The van der Waals surface area contributed by atoms with Gasteiger partial charge in [0.15, 0.2) is 11.6 Å². The highest BCUT2D eigenvalue weighted by atomic mass is 19.4. The van der Waals surface area contributed by atoms with Gasteiger partial charge < -0.3 is 9.64 Å². The number of carbonyl (C=O) groups is 2. The second-order valence-corrected chi connectivity index (χ2v) is 10.6. The SMILES string of the molecule is CC(C(=O)CC(=O)N(CCCOc1ccc(-c2ccncc2)cc1F)C(C)(C)C)c1ccc(C#N)c(C(F)(F)F)c1. The number of amides is 1. The highest BCUT2D eigenvalue weighted by molar-refractivity contribution is 6.01. The molecule has 3 rings (SSSR count). The molecule has 0 N–H and O–H groups in total. The number of nitriles is 1. The fourth-order valence-corrected chi connectivity index (χ4v) is 4.33. The predicted octanol–water partition coefficient (Wildman–Crippen LogP) is 6.94. The molecule has 1 amide bonds. The van der Waals surface area contributed by atoms with E-state index in [1.807, 2.05) is 0 Å². The minimum Gasteiger partial charge on any atom is -0.490 e. The number of aromatic nitrogens is 1. The minimum atomic E-state index is -4.75. The van der Waals surface area contributed by atoms with Crippen LogP contribution in [0, 0.1) is 17.1 Å². The molecule has 1 heterocycles. The molecule has 41 heavy (non-hydrogen) atoms. The van der Waals surface area contributed by atoms with Crippen LogP contribution in [0.1, 0.15) is 63.1 Å². The Bertz CT molecular complexity index is 1430. The minimum absolute atomic E-state index is 0.0705. The van der Waals surface area contributed by atoms with E-state index in [0.717, 1.165) is 17.7 Å². The molecule has 10 heteroatoms. The average molecular weight is 570 g/mol. The second kappa shape index (κ2) is 12.9. The monoisotopic (exact) mass is 569 g/mol. The van der Waals surface area contributed by atoms with Crippen LogP contribution in [0.25, 0.3) is 11.1 Å². The van der Waals surface area contributed by atoms with Crippen LogP contribution in [0.4, 0.5) is 17.6 Å². The number of ether oxygens (including phenoxy) is 1. The molecule has 2 aromatic carbocycles. The fraction of sp³-hybridized carbons (Fsp3) is 0.355. The molecule has 1 aromatic heterocycles. The molecule has 3 aromatic rings. The molecule has 0 aliphatic carbocycles. The van der Waals surface area contributed by atoms with Crippen LogP contribution in [0.3, 0.4) is 0 Å². The van der Waals surface area contributed by atoms with Gasteiger partial charge in [0, 0.05) is 30.4 Å². The van der Waals surface area contributed by atoms with Crippen LogP contribution in [0.15, 0.2) is 60.9 Å². The van der Waals surface area contributed by atoms with Crippen molar-refractivity contribution in [3.8, 4) is 22.9 Å². The molecule has 0 spiro atoms. The third kappa shape index (κ3) is 8.13. The Morgan fingerprint density at radius 2 is 1.71 bits per heavy atom. The van der Waals surface area contributed by atoms with Crippen LogP contribution in [-0.4, -0.2) is 40.3 Å². The van der Waals surface area contributed by atoms with Gasteiger partial charge in [0.1, 0.15) is 5.78 Å². The first-order valence-electron chi connectivity index (χ1n) is 13.0. The fourth-order valence-electron chi connectivity index (χ4n) is 4.33. The topological polar surface area (TPSA) is 83.3 Å². The first-order valence-corrected chi connectivity index (χ1v) is 13.0. The zero-order valence-corrected chi connectivity index (χ0v) is 23.3. The van der Waals surface area contributed by atoms with E-state index in [-0.39, 0.29) is 24.5 Å². The van der Waals surface area contributed by atoms with E-state index in [1.54, 1.807) is 51.4 Å². The third-order valence-electron chi connectivity index (χ3n) is 6.62. The molecule has 216 valence electrons. The van der Waals surface area contributed by atoms with Gasteiger partial charge in [-0.1, -0.05) is 19.1 Å². The maximum atomic E-state index is 14.6. The Kier molecular flexibility index (Phi) is 9.87. The van der Waals surface area contributed by atoms with Crippen LogP contribution in [0.2, 0.25) is 0 Å². The first kappa shape index (κ1) is 31.3. The molecule has 0 aliphatic heterocycles. The summed E-state index contributed by atoms with van der Waals surface area (Å²) in [5.74, 6) is -2.47. The van der Waals surface area contributed by atoms with Crippen molar-refractivity contribution in [3.05, 3.63) is 83.4 Å². The number of Topliss-reactive ketones (excluding diaryl/α,β-unsaturated/α-hetero) is 1. The average Bonchev–Trinajstić information content (AvgIpc) is 2.92. The maximum Gasteiger partial charge on any atom is 0.417 e. The van der Waals surface area contributed by atoms with Crippen molar-refractivity contribution in [2.75, 3.05) is 13.2 Å². The van der Waals surface area contributed by atoms with Crippen LogP contribution < -0.4 is 4.74 Å². The number of alkyl halides is 3.